The number of hydrogen-bond donors (Lipinski definition) is 0. The Hall–Kier alpha value is -3.15. The van der Waals surface area contributed by atoms with E-state index in [-0.39, 0.29) is 18.2 Å². The van der Waals surface area contributed by atoms with Gasteiger partial charge in [-0.2, -0.15) is 4.98 Å². The van der Waals surface area contributed by atoms with Crippen molar-refractivity contribution in [1.29, 1.82) is 0 Å². The number of Topliss-reactive ketones (excluding diaryl/α,β-unsaturated/α-hetero) is 1. The quantitative estimate of drug-likeness (QED) is 0.674. The Morgan fingerprint density at radius 1 is 1.08 bits per heavy atom. The van der Waals surface area contributed by atoms with Crippen molar-refractivity contribution in [3.05, 3.63) is 71.9 Å². The second-order valence-corrected chi connectivity index (χ2v) is 5.13. The lowest BCUT2D eigenvalue weighted by Crippen LogP contribution is -2.12. The number of aryl methyl sites for hydroxylation is 1. The Kier molecular flexibility index (Phi) is 4.56. The number of halogens is 1. The maximum absolute atomic E-state index is 12.9. The third kappa shape index (κ3) is 3.78. The van der Waals surface area contributed by atoms with Crippen LogP contribution in [-0.4, -0.2) is 27.3 Å². The molecule has 0 amide bonds. The minimum atomic E-state index is -0.388. The van der Waals surface area contributed by atoms with E-state index in [0.717, 1.165) is 11.3 Å². The van der Waals surface area contributed by atoms with Crippen molar-refractivity contribution in [2.75, 3.05) is 6.61 Å². The molecule has 0 bridgehead atoms. The SMILES string of the molecule is Cc1cc(OCC(=O)c2ccc(F)cc2)nc(-c2ccncc2)n1. The molecule has 6 heteroatoms. The summed E-state index contributed by atoms with van der Waals surface area (Å²) in [7, 11) is 0. The van der Waals surface area contributed by atoms with Gasteiger partial charge in [-0.15, -0.1) is 0 Å². The van der Waals surface area contributed by atoms with Gasteiger partial charge in [0.2, 0.25) is 5.88 Å². The zero-order valence-electron chi connectivity index (χ0n) is 12.9. The average Bonchev–Trinajstić information content (AvgIpc) is 2.60. The third-order valence-electron chi connectivity index (χ3n) is 3.29. The van der Waals surface area contributed by atoms with Crippen LogP contribution in [0.15, 0.2) is 54.9 Å². The van der Waals surface area contributed by atoms with Gasteiger partial charge in [0.15, 0.2) is 18.2 Å². The standard InChI is InChI=1S/C18H14FN3O2/c1-12-10-17(22-18(21-12)14-6-8-20-9-7-14)24-11-16(23)13-2-4-15(19)5-3-13/h2-10H,11H2,1H3. The van der Waals surface area contributed by atoms with Crippen LogP contribution in [0.2, 0.25) is 0 Å². The number of aromatic nitrogens is 3. The molecule has 120 valence electrons. The van der Waals surface area contributed by atoms with Gasteiger partial charge in [-0.3, -0.25) is 9.78 Å². The first-order valence-corrected chi connectivity index (χ1v) is 7.29. The Labute approximate surface area is 138 Å². The number of hydrogen-bond acceptors (Lipinski definition) is 5. The maximum atomic E-state index is 12.9. The van der Waals surface area contributed by atoms with Gasteiger partial charge >= 0.3 is 0 Å². The number of carbonyl (C=O) groups is 1. The summed E-state index contributed by atoms with van der Waals surface area (Å²) < 4.78 is 18.4. The number of ether oxygens (including phenoxy) is 1. The summed E-state index contributed by atoms with van der Waals surface area (Å²) in [5.74, 6) is 0.170. The maximum Gasteiger partial charge on any atom is 0.217 e. The predicted molar refractivity (Wildman–Crippen MR) is 86.2 cm³/mol. The van der Waals surface area contributed by atoms with Gasteiger partial charge in [0.25, 0.3) is 0 Å². The number of nitrogens with zero attached hydrogens (tertiary/aromatic N) is 3. The molecule has 0 saturated heterocycles. The van der Waals surface area contributed by atoms with Crippen LogP contribution in [0.5, 0.6) is 5.88 Å². The molecule has 0 spiro atoms. The Morgan fingerprint density at radius 3 is 2.50 bits per heavy atom. The van der Waals surface area contributed by atoms with E-state index in [9.17, 15) is 9.18 Å². The van der Waals surface area contributed by atoms with Crippen LogP contribution in [0.4, 0.5) is 4.39 Å². The summed E-state index contributed by atoms with van der Waals surface area (Å²) >= 11 is 0. The van der Waals surface area contributed by atoms with E-state index in [1.54, 1.807) is 30.6 Å². The van der Waals surface area contributed by atoms with Gasteiger partial charge in [0, 0.05) is 35.3 Å². The molecule has 2 heterocycles. The van der Waals surface area contributed by atoms with Gasteiger partial charge in [-0.05, 0) is 43.3 Å². The van der Waals surface area contributed by atoms with Gasteiger partial charge < -0.3 is 4.74 Å². The van der Waals surface area contributed by atoms with Crippen molar-refractivity contribution in [1.82, 2.24) is 15.0 Å². The molecule has 24 heavy (non-hydrogen) atoms. The van der Waals surface area contributed by atoms with Gasteiger partial charge in [-0.1, -0.05) is 0 Å². The summed E-state index contributed by atoms with van der Waals surface area (Å²) in [6, 6.07) is 10.6. The second kappa shape index (κ2) is 6.95. The topological polar surface area (TPSA) is 65.0 Å². The third-order valence-corrected chi connectivity index (χ3v) is 3.29. The molecule has 0 radical (unpaired) electrons. The van der Waals surface area contributed by atoms with Crippen LogP contribution in [0.3, 0.4) is 0 Å². The van der Waals surface area contributed by atoms with E-state index in [1.165, 1.54) is 24.3 Å². The molecule has 0 N–H and O–H groups in total. The number of rotatable bonds is 5. The van der Waals surface area contributed by atoms with Crippen molar-refractivity contribution in [3.63, 3.8) is 0 Å². The summed E-state index contributed by atoms with van der Waals surface area (Å²) in [5, 5.41) is 0. The van der Waals surface area contributed by atoms with Gasteiger partial charge in [0.1, 0.15) is 5.82 Å². The van der Waals surface area contributed by atoms with E-state index in [0.29, 0.717) is 17.3 Å². The van der Waals surface area contributed by atoms with E-state index >= 15 is 0 Å². The molecule has 0 fully saturated rings. The van der Waals surface area contributed by atoms with E-state index in [2.05, 4.69) is 15.0 Å². The second-order valence-electron chi connectivity index (χ2n) is 5.13. The van der Waals surface area contributed by atoms with Crippen molar-refractivity contribution in [2.24, 2.45) is 0 Å². The smallest absolute Gasteiger partial charge is 0.217 e. The predicted octanol–water partition coefficient (Wildman–Crippen LogP) is 3.25. The Bertz CT molecular complexity index is 852. The van der Waals surface area contributed by atoms with E-state index in [1.807, 2.05) is 6.92 Å². The minimum absolute atomic E-state index is 0.183. The summed E-state index contributed by atoms with van der Waals surface area (Å²) in [6.45, 7) is 1.64. The fraction of sp³-hybridized carbons (Fsp3) is 0.111. The Balaban J connectivity index is 1.74. The number of carbonyl (C=O) groups excluding carboxylic acids is 1. The highest BCUT2D eigenvalue weighted by atomic mass is 19.1. The first kappa shape index (κ1) is 15.7. The molecule has 0 unspecified atom stereocenters. The largest absolute Gasteiger partial charge is 0.469 e. The molecule has 3 rings (SSSR count). The zero-order chi connectivity index (χ0) is 16.9. The van der Waals surface area contributed by atoms with Crippen LogP contribution < -0.4 is 4.74 Å². The highest BCUT2D eigenvalue weighted by Crippen LogP contribution is 2.18. The lowest BCUT2D eigenvalue weighted by molar-refractivity contribution is 0.0918. The van der Waals surface area contributed by atoms with Gasteiger partial charge in [0.05, 0.1) is 0 Å². The normalized spacial score (nSPS) is 10.4. The van der Waals surface area contributed by atoms with E-state index < -0.39 is 0 Å². The first-order valence-electron chi connectivity index (χ1n) is 7.29. The lowest BCUT2D eigenvalue weighted by atomic mass is 10.1. The average molecular weight is 323 g/mol. The van der Waals surface area contributed by atoms with Crippen LogP contribution in [-0.2, 0) is 0 Å². The fourth-order valence-electron chi connectivity index (χ4n) is 2.10. The van der Waals surface area contributed by atoms with Crippen LogP contribution in [0, 0.1) is 12.7 Å². The fourth-order valence-corrected chi connectivity index (χ4v) is 2.10. The molecule has 0 aliphatic carbocycles. The van der Waals surface area contributed by atoms with Crippen LogP contribution in [0.25, 0.3) is 11.4 Å². The molecule has 1 aromatic carbocycles. The molecule has 5 nitrogen and oxygen atoms in total. The molecular formula is C18H14FN3O2. The highest BCUT2D eigenvalue weighted by Gasteiger charge is 2.10. The number of benzene rings is 1. The molecular weight excluding hydrogens is 309 g/mol. The minimum Gasteiger partial charge on any atom is -0.469 e. The summed E-state index contributed by atoms with van der Waals surface area (Å²) in [6.07, 6.45) is 3.30. The Morgan fingerprint density at radius 2 is 1.79 bits per heavy atom. The van der Waals surface area contributed by atoms with Crippen LogP contribution >= 0.6 is 0 Å². The van der Waals surface area contributed by atoms with Gasteiger partial charge in [-0.25, -0.2) is 9.37 Å². The first-order chi connectivity index (χ1) is 11.6. The molecule has 0 aliphatic rings. The number of ketones is 1. The molecule has 3 aromatic rings. The van der Waals surface area contributed by atoms with Crippen molar-refractivity contribution in [3.8, 4) is 17.3 Å². The lowest BCUT2D eigenvalue weighted by Gasteiger charge is -2.08. The molecule has 2 aromatic heterocycles. The van der Waals surface area contributed by atoms with Crippen molar-refractivity contribution >= 4 is 5.78 Å². The molecule has 0 aliphatic heterocycles. The highest BCUT2D eigenvalue weighted by molar-refractivity contribution is 5.97. The van der Waals surface area contributed by atoms with Crippen molar-refractivity contribution in [2.45, 2.75) is 6.92 Å². The zero-order valence-corrected chi connectivity index (χ0v) is 12.9. The molecule has 0 atom stereocenters. The summed E-state index contributed by atoms with van der Waals surface area (Å²) in [5.41, 5.74) is 1.92. The van der Waals surface area contributed by atoms with E-state index in [4.69, 9.17) is 4.74 Å². The monoisotopic (exact) mass is 323 g/mol. The van der Waals surface area contributed by atoms with Crippen LogP contribution in [0.1, 0.15) is 16.1 Å². The van der Waals surface area contributed by atoms with Crippen molar-refractivity contribution < 1.29 is 13.9 Å². The summed E-state index contributed by atoms with van der Waals surface area (Å²) in [4.78, 5) is 24.7. The number of pyridine rings is 1. The molecule has 0 saturated carbocycles.